The Bertz CT molecular complexity index is 174. The topological polar surface area (TPSA) is 27.7 Å². The highest BCUT2D eigenvalue weighted by Gasteiger charge is 2.32. The largest absolute Gasteiger partial charge is 0.328 e. The molecule has 0 atom stereocenters. The summed E-state index contributed by atoms with van der Waals surface area (Å²) in [6.07, 6.45) is 6.65. The first-order valence-corrected chi connectivity index (χ1v) is 10.7. The van der Waals surface area contributed by atoms with Gasteiger partial charge in [-0.15, -0.1) is 0 Å². The molecule has 0 rings (SSSR count). The average molecular weight is 305 g/mol. The Morgan fingerprint density at radius 1 is 0.700 bits per heavy atom. The van der Waals surface area contributed by atoms with Gasteiger partial charge in [-0.2, -0.15) is 0 Å². The molecule has 0 aromatic heterocycles. The van der Waals surface area contributed by atoms with Crippen LogP contribution in [0.25, 0.3) is 0 Å². The van der Waals surface area contributed by atoms with Crippen LogP contribution in [0.3, 0.4) is 0 Å². The van der Waals surface area contributed by atoms with Crippen LogP contribution in [0.15, 0.2) is 0 Å². The van der Waals surface area contributed by atoms with Gasteiger partial charge >= 0.3 is 0 Å². The van der Waals surface area contributed by atoms with E-state index in [-0.39, 0.29) is 9.52 Å². The third-order valence-electron chi connectivity index (χ3n) is 3.30. The van der Waals surface area contributed by atoms with E-state index in [0.717, 1.165) is 64.4 Å². The van der Waals surface area contributed by atoms with Gasteiger partial charge < -0.3 is 14.2 Å². The Hall–Kier alpha value is 0.0969. The summed E-state index contributed by atoms with van der Waals surface area (Å²) in [5, 5.41) is 0. The zero-order valence-electron chi connectivity index (χ0n) is 14.2. The lowest BCUT2D eigenvalue weighted by atomic mass is 10.3. The van der Waals surface area contributed by atoms with Gasteiger partial charge in [-0.05, 0) is 19.3 Å². The van der Waals surface area contributed by atoms with E-state index in [0.29, 0.717) is 0 Å². The summed E-state index contributed by atoms with van der Waals surface area (Å²) in [6, 6.07) is 2.24. The van der Waals surface area contributed by atoms with E-state index in [1.165, 1.54) is 6.04 Å². The predicted octanol–water partition coefficient (Wildman–Crippen LogP) is 4.12. The van der Waals surface area contributed by atoms with Gasteiger partial charge in [-0.3, -0.25) is 0 Å². The molecule has 0 bridgehead atoms. The van der Waals surface area contributed by atoms with Gasteiger partial charge in [0.05, 0.1) is 19.8 Å². The standard InChI is InChI=1S/C16H36O3Si/c1-5-9-12-17-16(15-20-8-4,18-13-10-6-2)19-14-11-7-3/h5-15,20H2,1-4H3. The molecule has 0 N–H and O–H groups in total. The van der Waals surface area contributed by atoms with Crippen LogP contribution in [0.2, 0.25) is 12.1 Å². The fourth-order valence-electron chi connectivity index (χ4n) is 1.85. The number of ether oxygens (including phenoxy) is 3. The Kier molecular flexibility index (Phi) is 14.1. The van der Waals surface area contributed by atoms with E-state index in [2.05, 4.69) is 27.7 Å². The Labute approximate surface area is 128 Å². The van der Waals surface area contributed by atoms with Crippen molar-refractivity contribution in [1.82, 2.24) is 0 Å². The van der Waals surface area contributed by atoms with Gasteiger partial charge in [0.2, 0.25) is 0 Å². The minimum Gasteiger partial charge on any atom is -0.328 e. The lowest BCUT2D eigenvalue weighted by molar-refractivity contribution is -0.370. The molecule has 20 heavy (non-hydrogen) atoms. The summed E-state index contributed by atoms with van der Waals surface area (Å²) < 4.78 is 18.2. The highest BCUT2D eigenvalue weighted by molar-refractivity contribution is 6.35. The molecule has 0 spiro atoms. The lowest BCUT2D eigenvalue weighted by Crippen LogP contribution is -2.41. The van der Waals surface area contributed by atoms with Crippen molar-refractivity contribution < 1.29 is 14.2 Å². The molecule has 0 heterocycles. The second-order valence-electron chi connectivity index (χ2n) is 5.39. The zero-order valence-corrected chi connectivity index (χ0v) is 15.6. The third kappa shape index (κ3) is 9.92. The molecule has 0 aliphatic heterocycles. The van der Waals surface area contributed by atoms with Crippen LogP contribution in [0.4, 0.5) is 0 Å². The number of unbranched alkanes of at least 4 members (excludes halogenated alkanes) is 3. The summed E-state index contributed by atoms with van der Waals surface area (Å²) in [6.45, 7) is 11.0. The number of hydrogen-bond donors (Lipinski definition) is 0. The highest BCUT2D eigenvalue weighted by Crippen LogP contribution is 2.23. The van der Waals surface area contributed by atoms with Crippen LogP contribution in [-0.4, -0.2) is 35.3 Å². The minimum absolute atomic E-state index is 0.160. The summed E-state index contributed by atoms with van der Waals surface area (Å²) in [5.74, 6) is -0.734. The Balaban J connectivity index is 4.48. The molecule has 4 heteroatoms. The molecule has 0 radical (unpaired) electrons. The maximum absolute atomic E-state index is 6.06. The molecule has 0 unspecified atom stereocenters. The fourth-order valence-corrected chi connectivity index (χ4v) is 3.07. The summed E-state index contributed by atoms with van der Waals surface area (Å²) in [7, 11) is -0.160. The second-order valence-corrected chi connectivity index (χ2v) is 7.60. The van der Waals surface area contributed by atoms with Gasteiger partial charge in [0.1, 0.15) is 0 Å². The van der Waals surface area contributed by atoms with E-state index >= 15 is 0 Å². The SMILES string of the molecule is CCCCOC(C[SiH2]CC)(OCCCC)OCCCC. The smallest absolute Gasteiger partial charge is 0.279 e. The zero-order chi connectivity index (χ0) is 15.1. The van der Waals surface area contributed by atoms with Crippen LogP contribution in [0.5, 0.6) is 0 Å². The van der Waals surface area contributed by atoms with Crippen molar-refractivity contribution in [3.05, 3.63) is 0 Å². The van der Waals surface area contributed by atoms with Crippen molar-refractivity contribution in [2.24, 2.45) is 0 Å². The molecular weight excluding hydrogens is 268 g/mol. The number of rotatable bonds is 15. The maximum Gasteiger partial charge on any atom is 0.279 e. The van der Waals surface area contributed by atoms with Gasteiger partial charge in [0.25, 0.3) is 5.97 Å². The summed E-state index contributed by atoms with van der Waals surface area (Å²) >= 11 is 0. The van der Waals surface area contributed by atoms with Crippen molar-refractivity contribution in [2.75, 3.05) is 19.8 Å². The molecule has 122 valence electrons. The molecule has 0 aromatic rings. The first-order chi connectivity index (χ1) is 9.74. The van der Waals surface area contributed by atoms with E-state index in [1.807, 2.05) is 0 Å². The Morgan fingerprint density at radius 3 is 1.40 bits per heavy atom. The molecule has 0 aromatic carbocycles. The van der Waals surface area contributed by atoms with Crippen molar-refractivity contribution in [1.29, 1.82) is 0 Å². The molecule has 0 saturated carbocycles. The lowest BCUT2D eigenvalue weighted by Gasteiger charge is -2.33. The van der Waals surface area contributed by atoms with E-state index in [9.17, 15) is 0 Å². The third-order valence-corrected chi connectivity index (χ3v) is 4.97. The molecule has 0 aliphatic rings. The van der Waals surface area contributed by atoms with E-state index in [4.69, 9.17) is 14.2 Å². The van der Waals surface area contributed by atoms with Crippen LogP contribution < -0.4 is 0 Å². The van der Waals surface area contributed by atoms with Gasteiger partial charge in [0, 0.05) is 15.6 Å². The predicted molar refractivity (Wildman–Crippen MR) is 89.1 cm³/mol. The summed E-state index contributed by atoms with van der Waals surface area (Å²) in [4.78, 5) is 0. The van der Waals surface area contributed by atoms with Crippen LogP contribution >= 0.6 is 0 Å². The quantitative estimate of drug-likeness (QED) is 0.259. The Morgan fingerprint density at radius 2 is 1.10 bits per heavy atom. The van der Waals surface area contributed by atoms with E-state index in [1.54, 1.807) is 0 Å². The number of hydrogen-bond acceptors (Lipinski definition) is 3. The molecule has 3 nitrogen and oxygen atoms in total. The van der Waals surface area contributed by atoms with Crippen molar-refractivity contribution in [2.45, 2.75) is 84.3 Å². The van der Waals surface area contributed by atoms with Crippen LogP contribution in [0, 0.1) is 0 Å². The highest BCUT2D eigenvalue weighted by atomic mass is 28.2. The van der Waals surface area contributed by atoms with Gasteiger partial charge in [0.15, 0.2) is 0 Å². The normalized spacial score (nSPS) is 12.6. The average Bonchev–Trinajstić information content (AvgIpc) is 2.46. The molecule has 0 fully saturated rings. The fraction of sp³-hybridized carbons (Fsp3) is 1.00. The van der Waals surface area contributed by atoms with Crippen LogP contribution in [-0.2, 0) is 14.2 Å². The van der Waals surface area contributed by atoms with Gasteiger partial charge in [-0.25, -0.2) is 0 Å². The molecular formula is C16H36O3Si. The second kappa shape index (κ2) is 14.1. The van der Waals surface area contributed by atoms with Crippen molar-refractivity contribution in [3.63, 3.8) is 0 Å². The molecule has 0 aliphatic carbocycles. The minimum atomic E-state index is -0.734. The van der Waals surface area contributed by atoms with Crippen molar-refractivity contribution in [3.8, 4) is 0 Å². The van der Waals surface area contributed by atoms with Gasteiger partial charge in [-0.1, -0.05) is 53.0 Å². The van der Waals surface area contributed by atoms with Crippen molar-refractivity contribution >= 4 is 9.52 Å². The first kappa shape index (κ1) is 20.1. The van der Waals surface area contributed by atoms with Crippen LogP contribution in [0.1, 0.15) is 66.2 Å². The monoisotopic (exact) mass is 304 g/mol. The maximum atomic E-state index is 6.06. The van der Waals surface area contributed by atoms with E-state index < -0.39 is 5.97 Å². The first-order valence-electron chi connectivity index (χ1n) is 8.66. The summed E-state index contributed by atoms with van der Waals surface area (Å²) in [5.41, 5.74) is 0. The molecule has 0 saturated heterocycles. The molecule has 0 amide bonds.